The summed E-state index contributed by atoms with van der Waals surface area (Å²) in [4.78, 5) is 0. The maximum atomic E-state index is 9.68. The minimum absolute atomic E-state index is 0.215. The fourth-order valence-corrected chi connectivity index (χ4v) is 2.64. The summed E-state index contributed by atoms with van der Waals surface area (Å²) in [5, 5.41) is 28.9. The van der Waals surface area contributed by atoms with Gasteiger partial charge in [-0.3, -0.25) is 0 Å². The van der Waals surface area contributed by atoms with Gasteiger partial charge in [0.15, 0.2) is 0 Å². The number of rotatable bonds is 3. The number of hydrogen-bond donors (Lipinski definition) is 2. The minimum atomic E-state index is -1.70. The number of nitriles is 1. The van der Waals surface area contributed by atoms with Crippen LogP contribution in [0.2, 0.25) is 0 Å². The van der Waals surface area contributed by atoms with Gasteiger partial charge in [0.25, 0.3) is 0 Å². The fourth-order valence-electron chi connectivity index (χ4n) is 2.64. The van der Waals surface area contributed by atoms with E-state index in [2.05, 4.69) is 6.07 Å². The third-order valence-corrected chi connectivity index (χ3v) is 3.75. The summed E-state index contributed by atoms with van der Waals surface area (Å²) in [7, 11) is -1.70. The molecule has 2 N–H and O–H groups in total. The van der Waals surface area contributed by atoms with Gasteiger partial charge in [0, 0.05) is 5.46 Å². The van der Waals surface area contributed by atoms with Gasteiger partial charge in [0.2, 0.25) is 0 Å². The Morgan fingerprint density at radius 1 is 0.739 bits per heavy atom. The topological polar surface area (TPSA) is 64.2 Å². The van der Waals surface area contributed by atoms with E-state index in [1.54, 1.807) is 6.07 Å². The van der Waals surface area contributed by atoms with Crippen LogP contribution < -0.4 is 5.46 Å². The van der Waals surface area contributed by atoms with Gasteiger partial charge in [-0.1, -0.05) is 66.7 Å². The van der Waals surface area contributed by atoms with Crippen molar-refractivity contribution in [3.8, 4) is 28.3 Å². The largest absolute Gasteiger partial charge is 0.489 e. The Hall–Kier alpha value is -2.87. The summed E-state index contributed by atoms with van der Waals surface area (Å²) in [5.74, 6) is 0. The summed E-state index contributed by atoms with van der Waals surface area (Å²) in [6.07, 6.45) is 0. The molecule has 0 amide bonds. The molecule has 3 rings (SSSR count). The van der Waals surface area contributed by atoms with Crippen molar-refractivity contribution in [3.05, 3.63) is 78.4 Å². The molecular formula is C19H14BNO2. The Kier molecular flexibility index (Phi) is 4.25. The molecule has 3 aromatic rings. The first-order valence-electron chi connectivity index (χ1n) is 7.25. The van der Waals surface area contributed by atoms with Gasteiger partial charge in [0.1, 0.15) is 0 Å². The van der Waals surface area contributed by atoms with Gasteiger partial charge in [-0.05, 0) is 28.3 Å². The van der Waals surface area contributed by atoms with Crippen molar-refractivity contribution < 1.29 is 10.0 Å². The lowest BCUT2D eigenvalue weighted by atomic mass is 9.73. The van der Waals surface area contributed by atoms with E-state index in [4.69, 9.17) is 0 Å². The molecule has 110 valence electrons. The molecule has 0 unspecified atom stereocenters. The lowest BCUT2D eigenvalue weighted by molar-refractivity contribution is 0.425. The smallest absolute Gasteiger partial charge is 0.423 e. The van der Waals surface area contributed by atoms with Crippen LogP contribution in [0.3, 0.4) is 0 Å². The zero-order chi connectivity index (χ0) is 16.2. The Labute approximate surface area is 135 Å². The van der Waals surface area contributed by atoms with E-state index in [1.165, 1.54) is 0 Å². The molecule has 0 saturated heterocycles. The minimum Gasteiger partial charge on any atom is -0.423 e. The highest BCUT2D eigenvalue weighted by molar-refractivity contribution is 6.59. The summed E-state index contributed by atoms with van der Waals surface area (Å²) in [5.41, 5.74) is 3.85. The van der Waals surface area contributed by atoms with E-state index in [0.717, 1.165) is 16.7 Å². The average Bonchev–Trinajstić information content (AvgIpc) is 2.62. The lowest BCUT2D eigenvalue weighted by Crippen LogP contribution is -2.33. The molecule has 0 aliphatic rings. The SMILES string of the molecule is N#Cc1c(B(O)O)cc(-c2ccccc2)cc1-c1ccccc1. The molecule has 23 heavy (non-hydrogen) atoms. The average molecular weight is 299 g/mol. The number of hydrogen-bond acceptors (Lipinski definition) is 3. The first kappa shape index (κ1) is 15.0. The number of nitrogens with zero attached hydrogens (tertiary/aromatic N) is 1. The second-order valence-corrected chi connectivity index (χ2v) is 5.21. The molecule has 0 heterocycles. The predicted molar refractivity (Wildman–Crippen MR) is 91.9 cm³/mol. The van der Waals surface area contributed by atoms with Gasteiger partial charge in [0.05, 0.1) is 11.6 Å². The standard InChI is InChI=1S/C19H14BNO2/c21-13-18-17(15-9-5-2-6-10-15)11-16(12-19(18)20(22)23)14-7-3-1-4-8-14/h1-12,22-23H. The zero-order valence-corrected chi connectivity index (χ0v) is 12.3. The summed E-state index contributed by atoms with van der Waals surface area (Å²) < 4.78 is 0. The Morgan fingerprint density at radius 2 is 1.30 bits per heavy atom. The van der Waals surface area contributed by atoms with E-state index in [9.17, 15) is 15.3 Å². The summed E-state index contributed by atoms with van der Waals surface area (Å²) in [6, 6.07) is 24.8. The van der Waals surface area contributed by atoms with Crippen molar-refractivity contribution in [1.82, 2.24) is 0 Å². The highest BCUT2D eigenvalue weighted by Crippen LogP contribution is 2.28. The highest BCUT2D eigenvalue weighted by Gasteiger charge is 2.21. The first-order chi connectivity index (χ1) is 11.2. The maximum Gasteiger partial charge on any atom is 0.489 e. The normalized spacial score (nSPS) is 10.1. The molecule has 3 nitrogen and oxygen atoms in total. The van der Waals surface area contributed by atoms with Crippen LogP contribution in [0.25, 0.3) is 22.3 Å². The summed E-state index contributed by atoms with van der Waals surface area (Å²) in [6.45, 7) is 0. The van der Waals surface area contributed by atoms with Crippen molar-refractivity contribution in [2.45, 2.75) is 0 Å². The first-order valence-corrected chi connectivity index (χ1v) is 7.25. The fraction of sp³-hybridized carbons (Fsp3) is 0. The van der Waals surface area contributed by atoms with Crippen LogP contribution in [0.15, 0.2) is 72.8 Å². The highest BCUT2D eigenvalue weighted by atomic mass is 16.4. The van der Waals surface area contributed by atoms with Crippen molar-refractivity contribution in [3.63, 3.8) is 0 Å². The Balaban J connectivity index is 2.29. The van der Waals surface area contributed by atoms with Gasteiger partial charge >= 0.3 is 7.12 Å². The van der Waals surface area contributed by atoms with Crippen molar-refractivity contribution in [1.29, 1.82) is 5.26 Å². The lowest BCUT2D eigenvalue weighted by Gasteiger charge is -2.13. The molecule has 0 aromatic heterocycles. The van der Waals surface area contributed by atoms with Gasteiger partial charge in [-0.15, -0.1) is 0 Å². The third-order valence-electron chi connectivity index (χ3n) is 3.75. The van der Waals surface area contributed by atoms with E-state index in [1.807, 2.05) is 66.7 Å². The van der Waals surface area contributed by atoms with Crippen molar-refractivity contribution in [2.24, 2.45) is 0 Å². The van der Waals surface area contributed by atoms with Crippen LogP contribution in [0.5, 0.6) is 0 Å². The van der Waals surface area contributed by atoms with Crippen LogP contribution in [0.4, 0.5) is 0 Å². The molecular weight excluding hydrogens is 285 g/mol. The molecule has 0 bridgehead atoms. The predicted octanol–water partition coefficient (Wildman–Crippen LogP) is 2.57. The second kappa shape index (κ2) is 6.49. The van der Waals surface area contributed by atoms with Crippen molar-refractivity contribution >= 4 is 12.6 Å². The van der Waals surface area contributed by atoms with Gasteiger partial charge in [-0.25, -0.2) is 0 Å². The Bertz CT molecular complexity index is 856. The third kappa shape index (κ3) is 3.02. The zero-order valence-electron chi connectivity index (χ0n) is 12.3. The van der Waals surface area contributed by atoms with Crippen molar-refractivity contribution in [2.75, 3.05) is 0 Å². The van der Waals surface area contributed by atoms with Crippen LogP contribution in [0, 0.1) is 11.3 Å². The molecule has 0 aliphatic carbocycles. The molecule has 0 saturated carbocycles. The number of benzene rings is 3. The van der Waals surface area contributed by atoms with E-state index in [0.29, 0.717) is 5.56 Å². The molecule has 0 radical (unpaired) electrons. The molecule has 0 atom stereocenters. The van der Waals surface area contributed by atoms with Crippen LogP contribution in [-0.2, 0) is 0 Å². The summed E-state index contributed by atoms with van der Waals surface area (Å²) >= 11 is 0. The second-order valence-electron chi connectivity index (χ2n) is 5.21. The van der Waals surface area contributed by atoms with Crippen LogP contribution >= 0.6 is 0 Å². The monoisotopic (exact) mass is 299 g/mol. The van der Waals surface area contributed by atoms with Crippen LogP contribution in [-0.4, -0.2) is 17.2 Å². The molecule has 0 spiro atoms. The molecule has 0 fully saturated rings. The molecule has 4 heteroatoms. The van der Waals surface area contributed by atoms with Gasteiger partial charge < -0.3 is 10.0 Å². The Morgan fingerprint density at radius 3 is 1.83 bits per heavy atom. The van der Waals surface area contributed by atoms with E-state index >= 15 is 0 Å². The van der Waals surface area contributed by atoms with Gasteiger partial charge in [-0.2, -0.15) is 5.26 Å². The quantitative estimate of drug-likeness (QED) is 0.731. The molecule has 0 aliphatic heterocycles. The molecule has 3 aromatic carbocycles. The van der Waals surface area contributed by atoms with E-state index < -0.39 is 7.12 Å². The van der Waals surface area contributed by atoms with E-state index in [-0.39, 0.29) is 11.0 Å². The maximum absolute atomic E-state index is 9.68. The van der Waals surface area contributed by atoms with Crippen LogP contribution in [0.1, 0.15) is 5.56 Å².